The van der Waals surface area contributed by atoms with Crippen LogP contribution in [0.4, 0.5) is 0 Å². The van der Waals surface area contributed by atoms with Crippen LogP contribution in [0.2, 0.25) is 0 Å². The highest BCUT2D eigenvalue weighted by Gasteiger charge is 2.22. The number of hydrogen-bond donors (Lipinski definition) is 1. The molecule has 27 heavy (non-hydrogen) atoms. The van der Waals surface area contributed by atoms with E-state index >= 15 is 0 Å². The molecular formula is C19H23N3O4S. The Bertz CT molecular complexity index is 923. The molecule has 0 aliphatic heterocycles. The van der Waals surface area contributed by atoms with Gasteiger partial charge in [-0.25, -0.2) is 13.1 Å². The van der Waals surface area contributed by atoms with Gasteiger partial charge in [0.1, 0.15) is 17.6 Å². The fraction of sp³-hybridized carbons (Fsp3) is 0.316. The molecule has 1 unspecified atom stereocenters. The summed E-state index contributed by atoms with van der Waals surface area (Å²) in [6, 6.07) is 8.20. The zero-order valence-corrected chi connectivity index (χ0v) is 16.4. The van der Waals surface area contributed by atoms with Crippen molar-refractivity contribution in [2.45, 2.75) is 31.7 Å². The largest absolute Gasteiger partial charge is 0.493 e. The van der Waals surface area contributed by atoms with E-state index < -0.39 is 10.0 Å². The second kappa shape index (κ2) is 7.98. The number of rotatable bonds is 8. The first kappa shape index (κ1) is 19.2. The molecule has 0 spiro atoms. The molecule has 1 aromatic carbocycles. The van der Waals surface area contributed by atoms with Crippen molar-refractivity contribution in [3.8, 4) is 5.75 Å². The van der Waals surface area contributed by atoms with E-state index in [-0.39, 0.29) is 17.5 Å². The molecule has 0 saturated carbocycles. The highest BCUT2D eigenvalue weighted by Crippen LogP contribution is 2.27. The van der Waals surface area contributed by atoms with Crippen molar-refractivity contribution in [1.29, 1.82) is 0 Å². The molecule has 144 valence electrons. The van der Waals surface area contributed by atoms with Gasteiger partial charge < -0.3 is 9.15 Å². The monoisotopic (exact) mass is 389 g/mol. The van der Waals surface area contributed by atoms with Gasteiger partial charge in [0.15, 0.2) is 0 Å². The molecule has 0 aliphatic carbocycles. The number of sulfonamides is 1. The van der Waals surface area contributed by atoms with Gasteiger partial charge in [-0.05, 0) is 62.2 Å². The lowest BCUT2D eigenvalue weighted by molar-refractivity contribution is 0.335. The van der Waals surface area contributed by atoms with Gasteiger partial charge in [-0.1, -0.05) is 0 Å². The Morgan fingerprint density at radius 3 is 2.56 bits per heavy atom. The molecule has 1 N–H and O–H groups in total. The zero-order chi connectivity index (χ0) is 19.4. The number of aromatic nitrogens is 2. The van der Waals surface area contributed by atoms with Crippen molar-refractivity contribution in [3.05, 3.63) is 65.9 Å². The molecule has 2 heterocycles. The highest BCUT2D eigenvalue weighted by molar-refractivity contribution is 7.89. The second-order valence-corrected chi connectivity index (χ2v) is 7.96. The minimum atomic E-state index is -3.70. The molecule has 0 aliphatic rings. The fourth-order valence-corrected chi connectivity index (χ4v) is 4.19. The molecule has 1 atom stereocenters. The van der Waals surface area contributed by atoms with Gasteiger partial charge in [0, 0.05) is 18.9 Å². The molecule has 8 heteroatoms. The standard InChI is InChI=1S/C19H23N3O4S/c1-4-25-19-14(2)11-16(12-15(19)3)27(23,24)21-13-17(18-7-5-10-26-18)22-9-6-8-20-22/h5-12,17,21H,4,13H2,1-3H3. The van der Waals surface area contributed by atoms with E-state index in [9.17, 15) is 8.42 Å². The third kappa shape index (κ3) is 4.23. The molecule has 3 aromatic rings. The summed E-state index contributed by atoms with van der Waals surface area (Å²) < 4.78 is 41.1. The third-order valence-electron chi connectivity index (χ3n) is 4.22. The van der Waals surface area contributed by atoms with Crippen LogP contribution in [0.1, 0.15) is 29.9 Å². The summed E-state index contributed by atoms with van der Waals surface area (Å²) >= 11 is 0. The van der Waals surface area contributed by atoms with Gasteiger partial charge in [-0.2, -0.15) is 5.10 Å². The van der Waals surface area contributed by atoms with Crippen LogP contribution in [0.5, 0.6) is 5.75 Å². The van der Waals surface area contributed by atoms with Crippen LogP contribution in [0.3, 0.4) is 0 Å². The maximum atomic E-state index is 12.8. The Morgan fingerprint density at radius 1 is 1.26 bits per heavy atom. The Balaban J connectivity index is 1.84. The van der Waals surface area contributed by atoms with Crippen molar-refractivity contribution >= 4 is 10.0 Å². The van der Waals surface area contributed by atoms with Crippen molar-refractivity contribution < 1.29 is 17.6 Å². The van der Waals surface area contributed by atoms with Crippen molar-refractivity contribution in [3.63, 3.8) is 0 Å². The minimum Gasteiger partial charge on any atom is -0.493 e. The lowest BCUT2D eigenvalue weighted by Crippen LogP contribution is -2.31. The second-order valence-electron chi connectivity index (χ2n) is 6.19. The average molecular weight is 389 g/mol. The van der Waals surface area contributed by atoms with Gasteiger partial charge in [0.2, 0.25) is 10.0 Å². The van der Waals surface area contributed by atoms with E-state index in [1.807, 2.05) is 20.8 Å². The van der Waals surface area contributed by atoms with Crippen LogP contribution >= 0.6 is 0 Å². The van der Waals surface area contributed by atoms with Crippen LogP contribution in [0.15, 0.2) is 58.3 Å². The van der Waals surface area contributed by atoms with E-state index in [1.54, 1.807) is 53.7 Å². The summed E-state index contributed by atoms with van der Waals surface area (Å²) in [7, 11) is -3.70. The summed E-state index contributed by atoms with van der Waals surface area (Å²) in [6.45, 7) is 6.22. The van der Waals surface area contributed by atoms with Crippen LogP contribution in [-0.4, -0.2) is 31.3 Å². The molecule has 0 fully saturated rings. The fourth-order valence-electron chi connectivity index (χ4n) is 2.98. The van der Waals surface area contributed by atoms with Crippen LogP contribution in [0.25, 0.3) is 0 Å². The van der Waals surface area contributed by atoms with Gasteiger partial charge in [-0.15, -0.1) is 0 Å². The van der Waals surface area contributed by atoms with Crippen LogP contribution in [-0.2, 0) is 10.0 Å². The topological polar surface area (TPSA) is 86.4 Å². The molecule has 0 bridgehead atoms. The van der Waals surface area contributed by atoms with Crippen LogP contribution in [0, 0.1) is 13.8 Å². The summed E-state index contributed by atoms with van der Waals surface area (Å²) in [5.41, 5.74) is 1.57. The van der Waals surface area contributed by atoms with Crippen molar-refractivity contribution in [1.82, 2.24) is 14.5 Å². The van der Waals surface area contributed by atoms with E-state index in [4.69, 9.17) is 9.15 Å². The number of hydrogen-bond acceptors (Lipinski definition) is 5. The van der Waals surface area contributed by atoms with Crippen LogP contribution < -0.4 is 9.46 Å². The van der Waals surface area contributed by atoms with Gasteiger partial charge in [-0.3, -0.25) is 4.68 Å². The SMILES string of the molecule is CCOc1c(C)cc(S(=O)(=O)NCC(c2ccco2)n2cccn2)cc1C. The maximum absolute atomic E-state index is 12.8. The van der Waals surface area contributed by atoms with Gasteiger partial charge >= 0.3 is 0 Å². The minimum absolute atomic E-state index is 0.114. The quantitative estimate of drug-likeness (QED) is 0.640. The number of benzene rings is 1. The molecule has 7 nitrogen and oxygen atoms in total. The number of nitrogens with one attached hydrogen (secondary N) is 1. The number of ether oxygens (including phenoxy) is 1. The van der Waals surface area contributed by atoms with E-state index in [2.05, 4.69) is 9.82 Å². The lowest BCUT2D eigenvalue weighted by Gasteiger charge is -2.17. The Morgan fingerprint density at radius 2 is 2.00 bits per heavy atom. The van der Waals surface area contributed by atoms with Gasteiger partial charge in [0.05, 0.1) is 17.8 Å². The number of nitrogens with zero attached hydrogens (tertiary/aromatic N) is 2. The molecule has 0 amide bonds. The van der Waals surface area contributed by atoms with E-state index in [0.29, 0.717) is 12.4 Å². The first-order valence-electron chi connectivity index (χ1n) is 8.68. The summed E-state index contributed by atoms with van der Waals surface area (Å²) in [5, 5.41) is 4.21. The molecule has 0 radical (unpaired) electrons. The van der Waals surface area contributed by atoms with Crippen molar-refractivity contribution in [2.24, 2.45) is 0 Å². The summed E-state index contributed by atoms with van der Waals surface area (Å²) in [5.74, 6) is 1.35. The smallest absolute Gasteiger partial charge is 0.240 e. The molecular weight excluding hydrogens is 366 g/mol. The molecule has 2 aromatic heterocycles. The Kier molecular flexibility index (Phi) is 5.67. The predicted octanol–water partition coefficient (Wildman–Crippen LogP) is 3.06. The van der Waals surface area contributed by atoms with E-state index in [1.165, 1.54) is 0 Å². The highest BCUT2D eigenvalue weighted by atomic mass is 32.2. The van der Waals surface area contributed by atoms with Gasteiger partial charge in [0.25, 0.3) is 0 Å². The maximum Gasteiger partial charge on any atom is 0.240 e. The zero-order valence-electron chi connectivity index (χ0n) is 15.5. The summed E-state index contributed by atoms with van der Waals surface area (Å²) in [4.78, 5) is 0.208. The van der Waals surface area contributed by atoms with Crippen molar-refractivity contribution in [2.75, 3.05) is 13.2 Å². The average Bonchev–Trinajstić information content (AvgIpc) is 3.32. The lowest BCUT2D eigenvalue weighted by atomic mass is 10.1. The third-order valence-corrected chi connectivity index (χ3v) is 5.62. The summed E-state index contributed by atoms with van der Waals surface area (Å²) in [6.07, 6.45) is 4.97. The number of furan rings is 1. The Hall–Kier alpha value is -2.58. The first-order chi connectivity index (χ1) is 12.9. The number of aryl methyl sites for hydroxylation is 2. The molecule has 0 saturated heterocycles. The first-order valence-corrected chi connectivity index (χ1v) is 10.2. The normalized spacial score (nSPS) is 12.9. The van der Waals surface area contributed by atoms with E-state index in [0.717, 1.165) is 16.9 Å². The Labute approximate surface area is 159 Å². The molecule has 3 rings (SSSR count). The predicted molar refractivity (Wildman–Crippen MR) is 101 cm³/mol.